The van der Waals surface area contributed by atoms with Gasteiger partial charge in [-0.15, -0.1) is 0 Å². The Kier molecular flexibility index (Phi) is 4.98. The van der Waals surface area contributed by atoms with E-state index in [0.29, 0.717) is 16.3 Å². The molecule has 0 atom stereocenters. The molecule has 0 fully saturated rings. The molecule has 104 valence electrons. The number of methoxy groups -OCH3 is 1. The topological polar surface area (TPSA) is 47.6 Å². The van der Waals surface area contributed by atoms with Crippen molar-refractivity contribution in [2.24, 2.45) is 0 Å². The van der Waals surface area contributed by atoms with Gasteiger partial charge in [0.15, 0.2) is 0 Å². The van der Waals surface area contributed by atoms with Crippen LogP contribution in [0.15, 0.2) is 48.5 Å². The number of halogens is 1. The van der Waals surface area contributed by atoms with Gasteiger partial charge in [-0.05, 0) is 23.8 Å². The van der Waals surface area contributed by atoms with Gasteiger partial charge in [0.25, 0.3) is 5.91 Å². The van der Waals surface area contributed by atoms with Gasteiger partial charge in [0.05, 0.1) is 19.3 Å². The van der Waals surface area contributed by atoms with Crippen molar-refractivity contribution >= 4 is 17.5 Å². The van der Waals surface area contributed by atoms with Crippen LogP contribution in [0, 0.1) is 0 Å². The molecule has 1 amide bonds. The van der Waals surface area contributed by atoms with E-state index < -0.39 is 5.91 Å². The minimum Gasteiger partial charge on any atom is -0.496 e. The monoisotopic (exact) mass is 291 g/mol. The lowest BCUT2D eigenvalue weighted by molar-refractivity contribution is 0.0231. The van der Waals surface area contributed by atoms with Gasteiger partial charge in [0, 0.05) is 5.02 Å². The molecule has 0 aliphatic rings. The molecule has 0 heterocycles. The highest BCUT2D eigenvalue weighted by atomic mass is 35.5. The van der Waals surface area contributed by atoms with Crippen LogP contribution in [0.25, 0.3) is 0 Å². The van der Waals surface area contributed by atoms with Gasteiger partial charge in [0.1, 0.15) is 5.75 Å². The summed E-state index contributed by atoms with van der Waals surface area (Å²) in [6.07, 6.45) is 0. The number of benzene rings is 2. The maximum Gasteiger partial charge on any atom is 0.278 e. The molecule has 2 aromatic rings. The fraction of sp³-hybridized carbons (Fsp3) is 0.133. The third-order valence-electron chi connectivity index (χ3n) is 2.65. The van der Waals surface area contributed by atoms with Crippen molar-refractivity contribution in [3.05, 3.63) is 64.7 Å². The third kappa shape index (κ3) is 3.73. The molecule has 2 rings (SSSR count). The predicted molar refractivity (Wildman–Crippen MR) is 76.7 cm³/mol. The SMILES string of the molecule is COc1ccc(Cl)cc1C(=O)NOCc1ccccc1. The summed E-state index contributed by atoms with van der Waals surface area (Å²) in [5, 5.41) is 0.457. The quantitative estimate of drug-likeness (QED) is 0.861. The maximum absolute atomic E-state index is 12.0. The number of hydrogen-bond acceptors (Lipinski definition) is 3. The van der Waals surface area contributed by atoms with Gasteiger partial charge in [-0.1, -0.05) is 41.9 Å². The summed E-state index contributed by atoms with van der Waals surface area (Å²) in [5.41, 5.74) is 3.66. The lowest BCUT2D eigenvalue weighted by Gasteiger charge is -2.09. The normalized spacial score (nSPS) is 10.1. The molecular formula is C15H14ClNO3. The van der Waals surface area contributed by atoms with Crippen molar-refractivity contribution < 1.29 is 14.4 Å². The Morgan fingerprint density at radius 3 is 2.65 bits per heavy atom. The molecule has 0 radical (unpaired) electrons. The highest BCUT2D eigenvalue weighted by Gasteiger charge is 2.12. The van der Waals surface area contributed by atoms with E-state index in [9.17, 15) is 4.79 Å². The van der Waals surface area contributed by atoms with Crippen LogP contribution in [0.5, 0.6) is 5.75 Å². The van der Waals surface area contributed by atoms with Crippen LogP contribution in [-0.2, 0) is 11.4 Å². The van der Waals surface area contributed by atoms with Gasteiger partial charge >= 0.3 is 0 Å². The molecule has 0 saturated carbocycles. The average Bonchev–Trinajstić information content (AvgIpc) is 2.48. The van der Waals surface area contributed by atoms with Gasteiger partial charge in [-0.25, -0.2) is 5.48 Å². The van der Waals surface area contributed by atoms with Crippen LogP contribution in [0.1, 0.15) is 15.9 Å². The Balaban J connectivity index is 1.97. The Morgan fingerprint density at radius 2 is 1.95 bits per heavy atom. The Labute approximate surface area is 122 Å². The highest BCUT2D eigenvalue weighted by Crippen LogP contribution is 2.22. The molecule has 0 aliphatic carbocycles. The van der Waals surface area contributed by atoms with Crippen molar-refractivity contribution in [1.82, 2.24) is 5.48 Å². The molecule has 0 unspecified atom stereocenters. The number of amides is 1. The first-order valence-corrected chi connectivity index (χ1v) is 6.38. The summed E-state index contributed by atoms with van der Waals surface area (Å²) in [6.45, 7) is 0.287. The van der Waals surface area contributed by atoms with Crippen molar-refractivity contribution in [2.75, 3.05) is 7.11 Å². The predicted octanol–water partition coefficient (Wildman–Crippen LogP) is 3.21. The van der Waals surface area contributed by atoms with E-state index in [4.69, 9.17) is 21.2 Å². The van der Waals surface area contributed by atoms with E-state index in [-0.39, 0.29) is 6.61 Å². The summed E-state index contributed by atoms with van der Waals surface area (Å²) in [5.74, 6) is 0.0375. The standard InChI is InChI=1S/C15H14ClNO3/c1-19-14-8-7-12(16)9-13(14)15(18)17-20-10-11-5-3-2-4-6-11/h2-9H,10H2,1H3,(H,17,18). The largest absolute Gasteiger partial charge is 0.496 e. The molecule has 0 spiro atoms. The Morgan fingerprint density at radius 1 is 1.20 bits per heavy atom. The van der Waals surface area contributed by atoms with Crippen LogP contribution >= 0.6 is 11.6 Å². The van der Waals surface area contributed by atoms with E-state index in [2.05, 4.69) is 5.48 Å². The zero-order valence-corrected chi connectivity index (χ0v) is 11.7. The molecule has 5 heteroatoms. The number of hydrogen-bond donors (Lipinski definition) is 1. The molecular weight excluding hydrogens is 278 g/mol. The second-order valence-electron chi connectivity index (χ2n) is 4.05. The van der Waals surface area contributed by atoms with Crippen LogP contribution in [0.3, 0.4) is 0 Å². The van der Waals surface area contributed by atoms with Crippen molar-refractivity contribution in [3.8, 4) is 5.75 Å². The summed E-state index contributed by atoms with van der Waals surface area (Å²) in [6, 6.07) is 14.4. The number of hydroxylamine groups is 1. The van der Waals surface area contributed by atoms with Crippen LogP contribution in [-0.4, -0.2) is 13.0 Å². The van der Waals surface area contributed by atoms with Crippen molar-refractivity contribution in [3.63, 3.8) is 0 Å². The van der Waals surface area contributed by atoms with Crippen LogP contribution < -0.4 is 10.2 Å². The van der Waals surface area contributed by atoms with E-state index in [0.717, 1.165) is 5.56 Å². The molecule has 0 bridgehead atoms. The number of carbonyl (C=O) groups excluding carboxylic acids is 1. The summed E-state index contributed by atoms with van der Waals surface area (Å²) >= 11 is 5.87. The van der Waals surface area contributed by atoms with Gasteiger partial charge in [-0.2, -0.15) is 0 Å². The van der Waals surface area contributed by atoms with Crippen molar-refractivity contribution in [1.29, 1.82) is 0 Å². The summed E-state index contributed by atoms with van der Waals surface area (Å²) in [4.78, 5) is 17.2. The van der Waals surface area contributed by atoms with Gasteiger partial charge in [0.2, 0.25) is 0 Å². The molecule has 0 aromatic heterocycles. The van der Waals surface area contributed by atoms with E-state index in [1.807, 2.05) is 30.3 Å². The van der Waals surface area contributed by atoms with Crippen molar-refractivity contribution in [2.45, 2.75) is 6.61 Å². The Bertz CT molecular complexity index is 587. The summed E-state index contributed by atoms with van der Waals surface area (Å²) < 4.78 is 5.11. The fourth-order valence-electron chi connectivity index (χ4n) is 1.67. The maximum atomic E-state index is 12.0. The van der Waals surface area contributed by atoms with E-state index in [1.54, 1.807) is 12.1 Å². The van der Waals surface area contributed by atoms with E-state index in [1.165, 1.54) is 13.2 Å². The highest BCUT2D eigenvalue weighted by molar-refractivity contribution is 6.31. The van der Waals surface area contributed by atoms with Gasteiger partial charge < -0.3 is 4.74 Å². The smallest absolute Gasteiger partial charge is 0.278 e. The molecule has 4 nitrogen and oxygen atoms in total. The lowest BCUT2D eigenvalue weighted by atomic mass is 10.2. The molecule has 0 saturated heterocycles. The lowest BCUT2D eigenvalue weighted by Crippen LogP contribution is -2.24. The Hall–Kier alpha value is -2.04. The molecule has 2 aromatic carbocycles. The first kappa shape index (κ1) is 14.4. The second kappa shape index (κ2) is 6.93. The number of rotatable bonds is 5. The third-order valence-corrected chi connectivity index (χ3v) is 2.89. The number of nitrogens with one attached hydrogen (secondary N) is 1. The first-order chi connectivity index (χ1) is 9.70. The summed E-state index contributed by atoms with van der Waals surface area (Å²) in [7, 11) is 1.49. The van der Waals surface area contributed by atoms with E-state index >= 15 is 0 Å². The van der Waals surface area contributed by atoms with Crippen LogP contribution in [0.4, 0.5) is 0 Å². The number of ether oxygens (including phenoxy) is 1. The number of carbonyl (C=O) groups is 1. The van der Waals surface area contributed by atoms with Gasteiger partial charge in [-0.3, -0.25) is 9.63 Å². The van der Waals surface area contributed by atoms with Crippen LogP contribution in [0.2, 0.25) is 5.02 Å². The first-order valence-electron chi connectivity index (χ1n) is 6.00. The molecule has 20 heavy (non-hydrogen) atoms. The zero-order chi connectivity index (χ0) is 14.4. The molecule has 0 aliphatic heterocycles. The average molecular weight is 292 g/mol. The fourth-order valence-corrected chi connectivity index (χ4v) is 1.84. The second-order valence-corrected chi connectivity index (χ2v) is 4.49. The minimum absolute atomic E-state index is 0.287. The molecule has 1 N–H and O–H groups in total. The minimum atomic E-state index is -0.403. The zero-order valence-electron chi connectivity index (χ0n) is 10.9.